The summed E-state index contributed by atoms with van der Waals surface area (Å²) in [5, 5.41) is 0. The lowest BCUT2D eigenvalue weighted by Gasteiger charge is -2.36. The Balaban J connectivity index is 2.55. The van der Waals surface area contributed by atoms with Crippen LogP contribution in [-0.2, 0) is 0 Å². The zero-order valence-electron chi connectivity index (χ0n) is 7.54. The largest absolute Gasteiger partial charge is 0.248 e. The first-order chi connectivity index (χ1) is 5.36. The Hall–Kier alpha value is -0.210. The topological polar surface area (TPSA) is 0 Å². The molecule has 12 heavy (non-hydrogen) atoms. The second-order valence-electron chi connectivity index (χ2n) is 4.05. The smallest absolute Gasteiger partial charge is 0.244 e. The van der Waals surface area contributed by atoms with E-state index in [2.05, 4.69) is 0 Å². The van der Waals surface area contributed by atoms with Crippen LogP contribution in [0, 0.1) is 5.92 Å². The van der Waals surface area contributed by atoms with Gasteiger partial charge in [-0.05, 0) is 18.8 Å². The molecular weight excluding hydrogens is 165 g/mol. The van der Waals surface area contributed by atoms with Crippen molar-refractivity contribution < 1.29 is 13.2 Å². The van der Waals surface area contributed by atoms with Gasteiger partial charge >= 0.3 is 0 Å². The maximum absolute atomic E-state index is 13.7. The summed E-state index contributed by atoms with van der Waals surface area (Å²) in [5.74, 6) is -2.77. The molecule has 1 aliphatic carbocycles. The maximum Gasteiger partial charge on any atom is 0.248 e. The zero-order valence-corrected chi connectivity index (χ0v) is 7.54. The lowest BCUT2D eigenvalue weighted by Crippen LogP contribution is -2.38. The lowest BCUT2D eigenvalue weighted by atomic mass is 9.77. The molecular formula is C9H15F3. The summed E-state index contributed by atoms with van der Waals surface area (Å²) in [4.78, 5) is 0. The van der Waals surface area contributed by atoms with Crippen LogP contribution in [0.15, 0.2) is 0 Å². The number of halogens is 3. The molecule has 0 nitrogen and oxygen atoms in total. The highest BCUT2D eigenvalue weighted by molar-refractivity contribution is 4.91. The molecule has 1 aliphatic rings. The van der Waals surface area contributed by atoms with Crippen molar-refractivity contribution in [2.24, 2.45) is 5.92 Å². The summed E-state index contributed by atoms with van der Waals surface area (Å²) in [7, 11) is 0. The third kappa shape index (κ3) is 1.93. The van der Waals surface area contributed by atoms with E-state index < -0.39 is 11.6 Å². The second-order valence-corrected chi connectivity index (χ2v) is 4.05. The molecule has 0 unspecified atom stereocenters. The molecule has 0 aliphatic heterocycles. The Bertz CT molecular complexity index is 153. The highest BCUT2D eigenvalue weighted by Gasteiger charge is 2.45. The third-order valence-electron chi connectivity index (χ3n) is 2.85. The molecule has 0 heterocycles. The van der Waals surface area contributed by atoms with Crippen molar-refractivity contribution in [3.63, 3.8) is 0 Å². The van der Waals surface area contributed by atoms with Gasteiger partial charge in [-0.25, -0.2) is 13.2 Å². The predicted molar refractivity (Wildman–Crippen MR) is 42.1 cm³/mol. The molecule has 0 saturated heterocycles. The van der Waals surface area contributed by atoms with Crippen LogP contribution in [0.2, 0.25) is 0 Å². The number of rotatable bonds is 1. The van der Waals surface area contributed by atoms with Crippen molar-refractivity contribution in [1.82, 2.24) is 0 Å². The molecule has 0 aromatic heterocycles. The van der Waals surface area contributed by atoms with Crippen LogP contribution in [0.5, 0.6) is 0 Å². The van der Waals surface area contributed by atoms with Crippen LogP contribution in [0.25, 0.3) is 0 Å². The van der Waals surface area contributed by atoms with Gasteiger partial charge in [-0.3, -0.25) is 0 Å². The first kappa shape index (κ1) is 9.87. The van der Waals surface area contributed by atoms with Crippen molar-refractivity contribution in [2.45, 2.75) is 51.1 Å². The molecule has 0 aromatic carbocycles. The quantitative estimate of drug-likeness (QED) is 0.578. The van der Waals surface area contributed by atoms with Gasteiger partial charge in [0, 0.05) is 12.8 Å². The Morgan fingerprint density at radius 2 is 1.33 bits per heavy atom. The van der Waals surface area contributed by atoms with Crippen LogP contribution in [-0.4, -0.2) is 11.6 Å². The zero-order chi connectivity index (χ0) is 9.41. The fourth-order valence-corrected chi connectivity index (χ4v) is 1.61. The molecule has 0 spiro atoms. The molecule has 0 N–H and O–H groups in total. The van der Waals surface area contributed by atoms with Gasteiger partial charge in [0.15, 0.2) is 0 Å². The van der Waals surface area contributed by atoms with Gasteiger partial charge in [0.1, 0.15) is 5.67 Å². The summed E-state index contributed by atoms with van der Waals surface area (Å²) < 4.78 is 39.0. The highest BCUT2D eigenvalue weighted by atomic mass is 19.3. The SMILES string of the molecule is CC(C)C1(F)CCC(F)(F)CC1. The van der Waals surface area contributed by atoms with E-state index in [0.29, 0.717) is 0 Å². The Kier molecular flexibility index (Phi) is 2.41. The minimum Gasteiger partial charge on any atom is -0.244 e. The summed E-state index contributed by atoms with van der Waals surface area (Å²) in [6.45, 7) is 3.51. The highest BCUT2D eigenvalue weighted by Crippen LogP contribution is 2.44. The van der Waals surface area contributed by atoms with E-state index in [1.165, 1.54) is 0 Å². The summed E-state index contributed by atoms with van der Waals surface area (Å²) in [6.07, 6.45) is -0.557. The standard InChI is InChI=1S/C9H15F3/c1-7(2)8(10)3-5-9(11,12)6-4-8/h7H,3-6H2,1-2H3. The van der Waals surface area contributed by atoms with Gasteiger partial charge in [-0.15, -0.1) is 0 Å². The number of hydrogen-bond donors (Lipinski definition) is 0. The molecule has 0 bridgehead atoms. The van der Waals surface area contributed by atoms with Crippen molar-refractivity contribution in [2.75, 3.05) is 0 Å². The Morgan fingerprint density at radius 3 is 1.67 bits per heavy atom. The Morgan fingerprint density at radius 1 is 0.917 bits per heavy atom. The van der Waals surface area contributed by atoms with Crippen molar-refractivity contribution >= 4 is 0 Å². The molecule has 1 rings (SSSR count). The maximum atomic E-state index is 13.7. The van der Waals surface area contributed by atoms with Crippen LogP contribution in [0.3, 0.4) is 0 Å². The first-order valence-corrected chi connectivity index (χ1v) is 4.42. The Labute approximate surface area is 71.1 Å². The van der Waals surface area contributed by atoms with Gasteiger partial charge in [-0.2, -0.15) is 0 Å². The monoisotopic (exact) mass is 180 g/mol. The molecule has 0 aromatic rings. The van der Waals surface area contributed by atoms with E-state index in [9.17, 15) is 13.2 Å². The van der Waals surface area contributed by atoms with Crippen LogP contribution >= 0.6 is 0 Å². The van der Waals surface area contributed by atoms with Gasteiger partial charge in [-0.1, -0.05) is 13.8 Å². The number of hydrogen-bond acceptors (Lipinski definition) is 0. The van der Waals surface area contributed by atoms with E-state index in [0.717, 1.165) is 0 Å². The van der Waals surface area contributed by atoms with Crippen LogP contribution < -0.4 is 0 Å². The van der Waals surface area contributed by atoms with Gasteiger partial charge in [0.25, 0.3) is 0 Å². The molecule has 72 valence electrons. The molecule has 0 amide bonds. The lowest BCUT2D eigenvalue weighted by molar-refractivity contribution is -0.0874. The third-order valence-corrected chi connectivity index (χ3v) is 2.85. The van der Waals surface area contributed by atoms with Crippen LogP contribution in [0.1, 0.15) is 39.5 Å². The fraction of sp³-hybridized carbons (Fsp3) is 1.00. The molecule has 1 fully saturated rings. The second kappa shape index (κ2) is 2.93. The van der Waals surface area contributed by atoms with Crippen molar-refractivity contribution in [3.8, 4) is 0 Å². The van der Waals surface area contributed by atoms with Gasteiger partial charge < -0.3 is 0 Å². The van der Waals surface area contributed by atoms with E-state index in [-0.39, 0.29) is 31.6 Å². The summed E-state index contributed by atoms with van der Waals surface area (Å²) >= 11 is 0. The molecule has 0 atom stereocenters. The van der Waals surface area contributed by atoms with E-state index in [1.54, 1.807) is 13.8 Å². The number of alkyl halides is 3. The predicted octanol–water partition coefficient (Wildman–Crippen LogP) is 3.56. The molecule has 3 heteroatoms. The van der Waals surface area contributed by atoms with E-state index >= 15 is 0 Å². The molecule has 1 saturated carbocycles. The normalized spacial score (nSPS) is 27.5. The van der Waals surface area contributed by atoms with Crippen LogP contribution in [0.4, 0.5) is 13.2 Å². The average Bonchev–Trinajstić information content (AvgIpc) is 1.96. The average molecular weight is 180 g/mol. The van der Waals surface area contributed by atoms with E-state index in [4.69, 9.17) is 0 Å². The van der Waals surface area contributed by atoms with Crippen molar-refractivity contribution in [3.05, 3.63) is 0 Å². The molecule has 0 radical (unpaired) electrons. The van der Waals surface area contributed by atoms with Crippen molar-refractivity contribution in [1.29, 1.82) is 0 Å². The summed E-state index contributed by atoms with van der Waals surface area (Å²) in [6, 6.07) is 0. The van der Waals surface area contributed by atoms with Gasteiger partial charge in [0.05, 0.1) is 0 Å². The minimum absolute atomic E-state index is 0.0116. The summed E-state index contributed by atoms with van der Waals surface area (Å²) in [5.41, 5.74) is -1.35. The van der Waals surface area contributed by atoms with Gasteiger partial charge in [0.2, 0.25) is 5.92 Å². The van der Waals surface area contributed by atoms with E-state index in [1.807, 2.05) is 0 Å². The fourth-order valence-electron chi connectivity index (χ4n) is 1.61. The first-order valence-electron chi connectivity index (χ1n) is 4.42. The minimum atomic E-state index is -2.62.